The molecule has 0 bridgehead atoms. The van der Waals surface area contributed by atoms with Gasteiger partial charge in [0.25, 0.3) is 0 Å². The molecule has 2 aliphatic carbocycles. The van der Waals surface area contributed by atoms with Crippen LogP contribution in [0.2, 0.25) is 0 Å². The molecule has 24 heavy (non-hydrogen) atoms. The van der Waals surface area contributed by atoms with Crippen molar-refractivity contribution in [2.45, 2.75) is 32.3 Å². The van der Waals surface area contributed by atoms with Crippen LogP contribution < -0.4 is 0 Å². The van der Waals surface area contributed by atoms with Gasteiger partial charge in [-0.2, -0.15) is 13.3 Å². The third-order valence-corrected chi connectivity index (χ3v) is 3.49. The summed E-state index contributed by atoms with van der Waals surface area (Å²) in [5, 5.41) is 9.74. The van der Waals surface area contributed by atoms with E-state index in [0.29, 0.717) is 0 Å². The zero-order valence-electron chi connectivity index (χ0n) is 14.5. The molecule has 0 aromatic heterocycles. The fourth-order valence-corrected chi connectivity index (χ4v) is 2.07. The zero-order valence-corrected chi connectivity index (χ0v) is 17.0. The van der Waals surface area contributed by atoms with Crippen molar-refractivity contribution in [1.29, 1.82) is 0 Å². The van der Waals surface area contributed by atoms with Crippen molar-refractivity contribution >= 4 is 0 Å². The van der Waals surface area contributed by atoms with Gasteiger partial charge in [0.05, 0.1) is 0 Å². The van der Waals surface area contributed by atoms with Gasteiger partial charge in [0.1, 0.15) is 0 Å². The SMILES string of the molecule is C[CH-]CC(O)C(C)c1ccccc1.[CH]1[CH][CH][CH][CH]1.[CH]1[CH][CH][CH][CH]1.[Zr]. The molecule has 0 amide bonds. The van der Waals surface area contributed by atoms with Crippen LogP contribution in [0.4, 0.5) is 0 Å². The van der Waals surface area contributed by atoms with Gasteiger partial charge in [-0.3, -0.25) is 0 Å². The van der Waals surface area contributed by atoms with Crippen LogP contribution in [-0.2, 0) is 26.2 Å². The minimum Gasteiger partial charge on any atom is -0.395 e. The number of benzene rings is 1. The molecule has 0 spiro atoms. The molecule has 2 fully saturated rings. The summed E-state index contributed by atoms with van der Waals surface area (Å²) in [5.74, 6) is 0.220. The molecule has 126 valence electrons. The minimum atomic E-state index is -0.257. The standard InChI is InChI=1S/C12H17O.2C5H5.Zr/c1-3-7-12(13)10(2)11-8-5-4-6-9-11;2*1-2-4-5-3-1;/h3-6,8-10,12-13H,7H2,1-2H3;2*1-5H;/q-1;;;. The van der Waals surface area contributed by atoms with Gasteiger partial charge in [-0.05, 0) is 69.8 Å². The molecule has 1 aromatic carbocycles. The Bertz CT molecular complexity index is 332. The molecule has 2 heteroatoms. The first-order valence-corrected chi connectivity index (χ1v) is 8.10. The Kier molecular flexibility index (Phi) is 16.6. The quantitative estimate of drug-likeness (QED) is 0.722. The van der Waals surface area contributed by atoms with Gasteiger partial charge in [0.2, 0.25) is 0 Å². The maximum Gasteiger partial charge on any atom is 0.0337 e. The summed E-state index contributed by atoms with van der Waals surface area (Å²) in [5.41, 5.74) is 1.21. The van der Waals surface area contributed by atoms with E-state index in [2.05, 4.69) is 19.1 Å². The molecule has 1 nitrogen and oxygen atoms in total. The van der Waals surface area contributed by atoms with Crippen LogP contribution in [0.15, 0.2) is 30.3 Å². The molecular weight excluding hydrogens is 371 g/mol. The Hall–Kier alpha value is 0.0631. The van der Waals surface area contributed by atoms with E-state index in [-0.39, 0.29) is 38.2 Å². The summed E-state index contributed by atoms with van der Waals surface area (Å²) >= 11 is 0. The second-order valence-electron chi connectivity index (χ2n) is 5.34. The summed E-state index contributed by atoms with van der Waals surface area (Å²) in [6.07, 6.45) is 22.5. The second-order valence-corrected chi connectivity index (χ2v) is 5.34. The normalized spacial score (nSPS) is 18.3. The average Bonchev–Trinajstić information content (AvgIpc) is 3.32. The largest absolute Gasteiger partial charge is 0.395 e. The van der Waals surface area contributed by atoms with Crippen molar-refractivity contribution in [3.05, 3.63) is 107 Å². The van der Waals surface area contributed by atoms with Crippen molar-refractivity contribution in [1.82, 2.24) is 0 Å². The summed E-state index contributed by atoms with van der Waals surface area (Å²) in [4.78, 5) is 0. The van der Waals surface area contributed by atoms with Crippen molar-refractivity contribution in [3.63, 3.8) is 0 Å². The molecule has 2 saturated carbocycles. The summed E-state index contributed by atoms with van der Waals surface area (Å²) in [6.45, 7) is 4.03. The molecule has 2 aliphatic rings. The van der Waals surface area contributed by atoms with Gasteiger partial charge in [0, 0.05) is 38.2 Å². The number of aliphatic hydroxyl groups excluding tert-OH is 1. The fourth-order valence-electron chi connectivity index (χ4n) is 2.07. The predicted molar refractivity (Wildman–Crippen MR) is 98.5 cm³/mol. The topological polar surface area (TPSA) is 20.2 Å². The molecule has 0 heterocycles. The van der Waals surface area contributed by atoms with Crippen LogP contribution >= 0.6 is 0 Å². The Labute approximate surface area is 169 Å². The molecule has 0 saturated heterocycles. The van der Waals surface area contributed by atoms with Crippen molar-refractivity contribution < 1.29 is 31.3 Å². The van der Waals surface area contributed by atoms with Crippen LogP contribution in [-0.4, -0.2) is 11.2 Å². The monoisotopic (exact) mass is 397 g/mol. The zero-order chi connectivity index (χ0) is 16.8. The summed E-state index contributed by atoms with van der Waals surface area (Å²) in [7, 11) is 0. The van der Waals surface area contributed by atoms with Crippen molar-refractivity contribution in [2.75, 3.05) is 0 Å². The molecule has 0 aliphatic heterocycles. The minimum absolute atomic E-state index is 0. The van der Waals surface area contributed by atoms with E-state index >= 15 is 0 Å². The Morgan fingerprint density at radius 3 is 1.50 bits per heavy atom. The molecule has 2 unspecified atom stereocenters. The van der Waals surface area contributed by atoms with E-state index < -0.39 is 0 Å². The Morgan fingerprint density at radius 2 is 1.17 bits per heavy atom. The van der Waals surface area contributed by atoms with Gasteiger partial charge < -0.3 is 11.5 Å². The van der Waals surface area contributed by atoms with E-state index in [0.717, 1.165) is 6.42 Å². The smallest absolute Gasteiger partial charge is 0.0337 e. The van der Waals surface area contributed by atoms with Gasteiger partial charge in [-0.25, -0.2) is 0 Å². The molecule has 3 rings (SSSR count). The molecule has 1 N–H and O–H groups in total. The fraction of sp³-hybridized carbons (Fsp3) is 0.227. The van der Waals surface area contributed by atoms with Crippen LogP contribution in [0.3, 0.4) is 0 Å². The molecule has 2 atom stereocenters. The first kappa shape index (κ1) is 24.1. The number of rotatable bonds is 4. The maximum absolute atomic E-state index is 9.74. The van der Waals surface area contributed by atoms with E-state index in [1.165, 1.54) is 5.56 Å². The van der Waals surface area contributed by atoms with Crippen LogP contribution in [0.1, 0.15) is 31.7 Å². The summed E-state index contributed by atoms with van der Waals surface area (Å²) < 4.78 is 0. The van der Waals surface area contributed by atoms with Gasteiger partial charge in [0.15, 0.2) is 0 Å². The van der Waals surface area contributed by atoms with E-state index in [4.69, 9.17) is 0 Å². The Morgan fingerprint density at radius 1 is 0.792 bits per heavy atom. The van der Waals surface area contributed by atoms with E-state index in [9.17, 15) is 5.11 Å². The van der Waals surface area contributed by atoms with E-state index in [1.54, 1.807) is 0 Å². The van der Waals surface area contributed by atoms with Gasteiger partial charge in [-0.1, -0.05) is 37.3 Å². The molecular formula is C22H27OZr-. The summed E-state index contributed by atoms with van der Waals surface area (Å²) in [6, 6.07) is 10.1. The van der Waals surface area contributed by atoms with Gasteiger partial charge >= 0.3 is 0 Å². The molecule has 1 aromatic rings. The predicted octanol–water partition coefficient (Wildman–Crippen LogP) is 4.81. The van der Waals surface area contributed by atoms with E-state index in [1.807, 2.05) is 95.8 Å². The number of hydrogen-bond acceptors (Lipinski definition) is 1. The third-order valence-electron chi connectivity index (χ3n) is 3.49. The van der Waals surface area contributed by atoms with Crippen LogP contribution in [0.5, 0.6) is 0 Å². The third kappa shape index (κ3) is 11.6. The first-order chi connectivity index (χ1) is 11.3. The maximum atomic E-state index is 9.74. The number of hydrogen-bond donors (Lipinski definition) is 1. The second kappa shape index (κ2) is 16.5. The number of aliphatic hydroxyl groups is 1. The van der Waals surface area contributed by atoms with Crippen LogP contribution in [0.25, 0.3) is 0 Å². The average molecular weight is 399 g/mol. The van der Waals surface area contributed by atoms with Crippen molar-refractivity contribution in [3.8, 4) is 0 Å². The Balaban J connectivity index is 0.000000393. The van der Waals surface area contributed by atoms with Crippen molar-refractivity contribution in [2.24, 2.45) is 0 Å². The van der Waals surface area contributed by atoms with Gasteiger partial charge in [-0.15, -0.1) is 0 Å². The first-order valence-electron chi connectivity index (χ1n) is 8.10. The molecule has 10 radical (unpaired) electrons. The van der Waals surface area contributed by atoms with Crippen LogP contribution in [0, 0.1) is 70.6 Å².